The third kappa shape index (κ3) is 1.39. The van der Waals surface area contributed by atoms with Crippen LogP contribution in [-0.4, -0.2) is 0 Å². The first kappa shape index (κ1) is 7.34. The molecular weight excluding hydrogens is 201 g/mol. The zero-order valence-electron chi connectivity index (χ0n) is 4.90. The molecule has 10 heavy (non-hydrogen) atoms. The minimum absolute atomic E-state index is 0.0469. The van der Waals surface area contributed by atoms with Crippen LogP contribution in [0.5, 0.6) is 0 Å². The lowest BCUT2D eigenvalue weighted by atomic mass is 10.3. The monoisotopic (exact) mass is 204 g/mol. The molecule has 1 N–H and O–H groups in total. The number of halogens is 2. The molecule has 0 saturated carbocycles. The van der Waals surface area contributed by atoms with Gasteiger partial charge in [0.1, 0.15) is 0 Å². The molecule has 0 unspecified atom stereocenters. The van der Waals surface area contributed by atoms with Gasteiger partial charge >= 0.3 is 0 Å². The first-order valence-electron chi connectivity index (χ1n) is 2.57. The van der Waals surface area contributed by atoms with Crippen LogP contribution in [-0.2, 0) is 0 Å². The molecule has 0 spiro atoms. The van der Waals surface area contributed by atoms with E-state index in [0.717, 1.165) is 0 Å². The van der Waals surface area contributed by atoms with Gasteiger partial charge in [-0.1, -0.05) is 15.9 Å². The number of benzene rings is 1. The van der Waals surface area contributed by atoms with E-state index in [4.69, 9.17) is 0 Å². The summed E-state index contributed by atoms with van der Waals surface area (Å²) in [4.78, 5) is 9.99. The van der Waals surface area contributed by atoms with Gasteiger partial charge in [0.25, 0.3) is 5.69 Å². The SMILES string of the molecule is O=[NH+]c1cc(Br)ccc1F. The van der Waals surface area contributed by atoms with Crippen molar-refractivity contribution in [1.82, 2.24) is 0 Å². The summed E-state index contributed by atoms with van der Waals surface area (Å²) in [7, 11) is 0. The van der Waals surface area contributed by atoms with Crippen LogP contribution in [0.2, 0.25) is 0 Å². The molecule has 0 atom stereocenters. The molecule has 0 aliphatic rings. The van der Waals surface area contributed by atoms with Crippen molar-refractivity contribution in [2.75, 3.05) is 0 Å². The highest BCUT2D eigenvalue weighted by Crippen LogP contribution is 2.15. The van der Waals surface area contributed by atoms with E-state index in [1.807, 2.05) is 0 Å². The zero-order valence-corrected chi connectivity index (χ0v) is 6.48. The van der Waals surface area contributed by atoms with Crippen molar-refractivity contribution in [3.63, 3.8) is 0 Å². The highest BCUT2D eigenvalue weighted by molar-refractivity contribution is 9.10. The average molecular weight is 205 g/mol. The maximum atomic E-state index is 12.5. The van der Waals surface area contributed by atoms with Gasteiger partial charge in [0, 0.05) is 20.6 Å². The quantitative estimate of drug-likeness (QED) is 0.730. The van der Waals surface area contributed by atoms with Crippen molar-refractivity contribution in [1.29, 1.82) is 0 Å². The molecule has 4 heteroatoms. The lowest BCUT2D eigenvalue weighted by molar-refractivity contribution is -0.382. The third-order valence-corrected chi connectivity index (χ3v) is 1.53. The number of hydrogen-bond acceptors (Lipinski definition) is 1. The minimum Gasteiger partial charge on any atom is -0.199 e. The summed E-state index contributed by atoms with van der Waals surface area (Å²) in [6.45, 7) is 0. The fraction of sp³-hybridized carbons (Fsp3) is 0. The molecule has 0 aliphatic carbocycles. The smallest absolute Gasteiger partial charge is 0.199 e. The standard InChI is InChI=1S/C6H3BrFNO/c7-4-1-2-5(8)6(3-4)9-10/h1-3H/p+1. The van der Waals surface area contributed by atoms with Crippen LogP contribution in [0.1, 0.15) is 0 Å². The van der Waals surface area contributed by atoms with Gasteiger partial charge < -0.3 is 0 Å². The number of hydrogen-bond donors (Lipinski definition) is 1. The first-order chi connectivity index (χ1) is 4.74. The van der Waals surface area contributed by atoms with Crippen LogP contribution in [0.15, 0.2) is 22.7 Å². The minimum atomic E-state index is -0.543. The van der Waals surface area contributed by atoms with E-state index >= 15 is 0 Å². The first-order valence-corrected chi connectivity index (χ1v) is 3.36. The van der Waals surface area contributed by atoms with Crippen molar-refractivity contribution in [2.45, 2.75) is 0 Å². The van der Waals surface area contributed by atoms with E-state index in [-0.39, 0.29) is 5.69 Å². The number of nitrogens with one attached hydrogen (secondary N) is 1. The summed E-state index contributed by atoms with van der Waals surface area (Å²) in [5.74, 6) is -0.543. The van der Waals surface area contributed by atoms with Crippen molar-refractivity contribution < 1.29 is 9.57 Å². The normalized spacial score (nSPS) is 9.40. The van der Waals surface area contributed by atoms with Crippen molar-refractivity contribution in [2.24, 2.45) is 0 Å². The van der Waals surface area contributed by atoms with Gasteiger partial charge in [-0.3, -0.25) is 0 Å². The van der Waals surface area contributed by atoms with E-state index < -0.39 is 5.82 Å². The van der Waals surface area contributed by atoms with E-state index in [0.29, 0.717) is 4.47 Å². The maximum absolute atomic E-state index is 12.5. The topological polar surface area (TPSA) is 31.0 Å². The molecule has 52 valence electrons. The summed E-state index contributed by atoms with van der Waals surface area (Å²) in [6, 6.07) is 4.11. The molecule has 1 aromatic carbocycles. The van der Waals surface area contributed by atoms with Gasteiger partial charge in [-0.2, -0.15) is 4.39 Å². The van der Waals surface area contributed by atoms with Crippen LogP contribution in [0.3, 0.4) is 0 Å². The van der Waals surface area contributed by atoms with Crippen LogP contribution < -0.4 is 5.18 Å². The van der Waals surface area contributed by atoms with Crippen LogP contribution in [0.4, 0.5) is 10.1 Å². The highest BCUT2D eigenvalue weighted by atomic mass is 79.9. The summed E-state index contributed by atoms with van der Waals surface area (Å²) in [6.07, 6.45) is 0. The van der Waals surface area contributed by atoms with E-state index in [2.05, 4.69) is 15.9 Å². The number of nitroso groups, excluding NO2 is 1. The summed E-state index contributed by atoms with van der Waals surface area (Å²) >= 11 is 3.09. The molecule has 0 amide bonds. The molecule has 0 heterocycles. The van der Waals surface area contributed by atoms with E-state index in [1.165, 1.54) is 23.4 Å². The van der Waals surface area contributed by atoms with Gasteiger partial charge in [-0.25, -0.2) is 0 Å². The Balaban J connectivity index is 3.21. The van der Waals surface area contributed by atoms with Gasteiger partial charge in [-0.15, -0.1) is 0 Å². The molecule has 0 fully saturated rings. The lowest BCUT2D eigenvalue weighted by Crippen LogP contribution is -2.56. The predicted octanol–water partition coefficient (Wildman–Crippen LogP) is 1.07. The zero-order chi connectivity index (χ0) is 7.56. The second-order valence-electron chi connectivity index (χ2n) is 1.73. The Labute approximate surface area is 65.2 Å². The molecule has 2 nitrogen and oxygen atoms in total. The molecule has 0 aliphatic heterocycles. The number of rotatable bonds is 1. The summed E-state index contributed by atoms with van der Waals surface area (Å²) < 4.78 is 13.2. The van der Waals surface area contributed by atoms with Gasteiger partial charge in [0.15, 0.2) is 5.82 Å². The van der Waals surface area contributed by atoms with Crippen LogP contribution >= 0.6 is 15.9 Å². The third-order valence-electron chi connectivity index (χ3n) is 1.04. The Morgan fingerprint density at radius 3 is 2.70 bits per heavy atom. The second-order valence-corrected chi connectivity index (χ2v) is 2.64. The molecule has 0 saturated heterocycles. The van der Waals surface area contributed by atoms with Crippen molar-refractivity contribution >= 4 is 21.6 Å². The Bertz CT molecular complexity index is 264. The fourth-order valence-electron chi connectivity index (χ4n) is 0.576. The molecule has 0 radical (unpaired) electrons. The van der Waals surface area contributed by atoms with Crippen molar-refractivity contribution in [3.05, 3.63) is 33.4 Å². The van der Waals surface area contributed by atoms with E-state index in [1.54, 1.807) is 0 Å². The van der Waals surface area contributed by atoms with Crippen LogP contribution in [0.25, 0.3) is 0 Å². The van der Waals surface area contributed by atoms with Crippen LogP contribution in [0, 0.1) is 10.7 Å². The molecule has 1 aromatic rings. The molecule has 0 bridgehead atoms. The largest absolute Gasteiger partial charge is 0.289 e. The van der Waals surface area contributed by atoms with Crippen molar-refractivity contribution in [3.8, 4) is 0 Å². The Morgan fingerprint density at radius 2 is 2.20 bits per heavy atom. The lowest BCUT2D eigenvalue weighted by Gasteiger charge is -1.87. The van der Waals surface area contributed by atoms with E-state index in [9.17, 15) is 9.30 Å². The average Bonchev–Trinajstić information content (AvgIpc) is 1.94. The molecule has 1 rings (SSSR count). The highest BCUT2D eigenvalue weighted by Gasteiger charge is 2.06. The molecular formula is C6H4BrFNO+. The maximum Gasteiger partial charge on any atom is 0.289 e. The molecule has 0 aromatic heterocycles. The van der Waals surface area contributed by atoms with Gasteiger partial charge in [-0.05, 0) is 12.1 Å². The summed E-state index contributed by atoms with van der Waals surface area (Å²) in [5, 5.41) is 1.48. The Kier molecular flexibility index (Phi) is 2.11. The summed E-state index contributed by atoms with van der Waals surface area (Å²) in [5.41, 5.74) is -0.0469. The fourth-order valence-corrected chi connectivity index (χ4v) is 0.937. The second kappa shape index (κ2) is 2.88. The Morgan fingerprint density at radius 1 is 1.50 bits per heavy atom. The van der Waals surface area contributed by atoms with Gasteiger partial charge in [0.2, 0.25) is 0 Å². The predicted molar refractivity (Wildman–Crippen MR) is 38.1 cm³/mol. The van der Waals surface area contributed by atoms with Gasteiger partial charge in [0.05, 0.1) is 0 Å². The Hall–Kier alpha value is -0.770.